The first-order valence-corrected chi connectivity index (χ1v) is 15.7. The van der Waals surface area contributed by atoms with Crippen LogP contribution in [0.25, 0.3) is 71.9 Å². The Morgan fingerprint density at radius 3 is 2.13 bits per heavy atom. The molecule has 8 aromatic rings. The maximum atomic E-state index is 8.48. The van der Waals surface area contributed by atoms with E-state index in [1.54, 1.807) is 6.07 Å². The molecule has 2 aromatic heterocycles. The van der Waals surface area contributed by atoms with Crippen LogP contribution in [0.1, 0.15) is 60.3 Å². The Bertz CT molecular complexity index is 2470. The summed E-state index contributed by atoms with van der Waals surface area (Å²) in [6.45, 7) is 6.63. The Balaban J connectivity index is 1.51. The minimum absolute atomic E-state index is 0.214. The number of hydrogen-bond donors (Lipinski definition) is 0. The number of nitrogens with zero attached hydrogens (tertiary/aromatic N) is 2. The lowest BCUT2D eigenvalue weighted by Crippen LogP contribution is -2.09. The fourth-order valence-corrected chi connectivity index (χ4v) is 6.83. The van der Waals surface area contributed by atoms with Gasteiger partial charge < -0.3 is 4.42 Å². The monoisotopic (exact) mass is 587 g/mol. The van der Waals surface area contributed by atoms with Crippen molar-refractivity contribution in [3.8, 4) is 28.2 Å². The van der Waals surface area contributed by atoms with Gasteiger partial charge in [0.25, 0.3) is 0 Å². The van der Waals surface area contributed by atoms with Crippen LogP contribution in [0, 0.1) is 6.85 Å². The summed E-state index contributed by atoms with van der Waals surface area (Å²) >= 11 is 0. The van der Waals surface area contributed by atoms with Crippen molar-refractivity contribution in [2.24, 2.45) is 0 Å². The van der Waals surface area contributed by atoms with Gasteiger partial charge in [-0.15, -0.1) is 0 Å². The van der Waals surface area contributed by atoms with Crippen molar-refractivity contribution in [1.82, 2.24) is 9.55 Å². The summed E-state index contributed by atoms with van der Waals surface area (Å²) in [6, 6.07) is 39.1. The van der Waals surface area contributed by atoms with Crippen molar-refractivity contribution in [1.29, 1.82) is 0 Å². The molecule has 2 heterocycles. The number of furan rings is 1. The number of aromatic nitrogens is 2. The molecule has 0 saturated carbocycles. The molecule has 0 unspecified atom stereocenters. The van der Waals surface area contributed by atoms with Gasteiger partial charge in [0, 0.05) is 20.3 Å². The third-order valence-electron chi connectivity index (χ3n) is 9.06. The van der Waals surface area contributed by atoms with Crippen LogP contribution in [0.2, 0.25) is 0 Å². The van der Waals surface area contributed by atoms with E-state index in [2.05, 4.69) is 74.7 Å². The molecular weight excluding hydrogens is 548 g/mol. The zero-order valence-corrected chi connectivity index (χ0v) is 25.9. The molecular formula is C42H36N2O. The molecule has 3 heteroatoms. The zero-order chi connectivity index (χ0) is 33.3. The fraction of sp³-hybridized carbons (Fsp3) is 0.167. The highest BCUT2D eigenvalue weighted by Crippen LogP contribution is 2.44. The molecule has 0 aliphatic carbocycles. The van der Waals surface area contributed by atoms with E-state index in [1.807, 2.05) is 66.7 Å². The van der Waals surface area contributed by atoms with Crippen LogP contribution < -0.4 is 0 Å². The van der Waals surface area contributed by atoms with Crippen molar-refractivity contribution < 1.29 is 8.53 Å². The molecule has 0 N–H and O–H groups in total. The van der Waals surface area contributed by atoms with Crippen molar-refractivity contribution >= 4 is 43.7 Å². The third-order valence-corrected chi connectivity index (χ3v) is 9.06. The first-order valence-electron chi connectivity index (χ1n) is 17.2. The fourth-order valence-electron chi connectivity index (χ4n) is 6.83. The van der Waals surface area contributed by atoms with Crippen LogP contribution in [0.5, 0.6) is 0 Å². The number of benzene rings is 6. The molecule has 6 aromatic carbocycles. The molecule has 0 spiro atoms. The minimum Gasteiger partial charge on any atom is -0.455 e. The van der Waals surface area contributed by atoms with Gasteiger partial charge in [-0.3, -0.25) is 4.57 Å². The van der Waals surface area contributed by atoms with Crippen LogP contribution in [0.15, 0.2) is 120 Å². The van der Waals surface area contributed by atoms with Gasteiger partial charge in [-0.1, -0.05) is 107 Å². The maximum absolute atomic E-state index is 8.48. The Labute approximate surface area is 268 Å². The molecule has 0 fully saturated rings. The quantitative estimate of drug-likeness (QED) is 0.200. The smallest absolute Gasteiger partial charge is 0.149 e. The number of aryl methyl sites for hydroxylation is 1. The molecule has 0 amide bonds. The molecule has 8 rings (SSSR count). The van der Waals surface area contributed by atoms with Crippen molar-refractivity contribution in [2.45, 2.75) is 46.4 Å². The molecule has 45 heavy (non-hydrogen) atoms. The minimum atomic E-state index is -2.33. The number of imidazole rings is 1. The molecule has 0 radical (unpaired) electrons. The highest BCUT2D eigenvalue weighted by Gasteiger charge is 2.26. The first-order chi connectivity index (χ1) is 23.1. The van der Waals surface area contributed by atoms with Gasteiger partial charge in [0.15, 0.2) is 0 Å². The van der Waals surface area contributed by atoms with E-state index in [9.17, 15) is 0 Å². The van der Waals surface area contributed by atoms with Crippen LogP contribution in [-0.2, 0) is 0 Å². The molecule has 0 aliphatic rings. The predicted molar refractivity (Wildman–Crippen MR) is 190 cm³/mol. The summed E-state index contributed by atoms with van der Waals surface area (Å²) in [5, 5.41) is 3.38. The summed E-state index contributed by atoms with van der Waals surface area (Å²) < 4.78 is 34.5. The summed E-state index contributed by atoms with van der Waals surface area (Å²) in [4.78, 5) is 5.28. The van der Waals surface area contributed by atoms with Crippen molar-refractivity contribution in [3.63, 3.8) is 0 Å². The predicted octanol–water partition coefficient (Wildman–Crippen LogP) is 12.0. The highest BCUT2D eigenvalue weighted by atomic mass is 16.3. The molecule has 0 bridgehead atoms. The molecule has 0 saturated heterocycles. The largest absolute Gasteiger partial charge is 0.455 e. The molecule has 0 aliphatic heterocycles. The summed E-state index contributed by atoms with van der Waals surface area (Å²) in [7, 11) is 0. The third kappa shape index (κ3) is 4.29. The first kappa shape index (κ1) is 24.2. The van der Waals surface area contributed by atoms with Gasteiger partial charge >= 0.3 is 0 Å². The zero-order valence-electron chi connectivity index (χ0n) is 28.9. The van der Waals surface area contributed by atoms with Gasteiger partial charge in [0.2, 0.25) is 0 Å². The molecule has 0 atom stereocenters. The van der Waals surface area contributed by atoms with Gasteiger partial charge in [0.05, 0.1) is 22.3 Å². The standard InChI is InChI=1S/C42H36N2O/c1-25(2)34-23-30(28-13-7-6-8-14-28)24-35(26(3)4)39(34)44-37-18-12-11-17-36(37)43-42(44)33-21-19-27(5)38-32-22-20-29-15-9-10-16-31(29)40(32)45-41(33)38/h6-26H,1-5H3/i5D3. The van der Waals surface area contributed by atoms with E-state index in [4.69, 9.17) is 13.5 Å². The molecule has 3 nitrogen and oxygen atoms in total. The normalized spacial score (nSPS) is 13.3. The van der Waals surface area contributed by atoms with Crippen LogP contribution in [-0.4, -0.2) is 9.55 Å². The number of hydrogen-bond acceptors (Lipinski definition) is 2. The van der Waals surface area contributed by atoms with E-state index in [0.717, 1.165) is 44.3 Å². The summed E-state index contributed by atoms with van der Waals surface area (Å²) in [6.07, 6.45) is 0. The number of fused-ring (bicyclic) bond motifs is 6. The SMILES string of the molecule is [2H]C([2H])([2H])c1ccc(-c2nc3ccccc3n2-c2c(C(C)C)cc(-c3ccccc3)cc2C(C)C)c2oc3c4ccccc4ccc3c12. The second-order valence-corrected chi connectivity index (χ2v) is 12.6. The van der Waals surface area contributed by atoms with E-state index in [0.29, 0.717) is 16.6 Å². The number of rotatable bonds is 5. The number of para-hydroxylation sites is 2. The van der Waals surface area contributed by atoms with E-state index >= 15 is 0 Å². The Hall–Kier alpha value is -5.15. The highest BCUT2D eigenvalue weighted by molar-refractivity contribution is 6.18. The van der Waals surface area contributed by atoms with Gasteiger partial charge in [-0.25, -0.2) is 4.98 Å². The van der Waals surface area contributed by atoms with Gasteiger partial charge in [-0.05, 0) is 88.3 Å². The van der Waals surface area contributed by atoms with E-state index in [-0.39, 0.29) is 17.4 Å². The lowest BCUT2D eigenvalue weighted by atomic mass is 9.88. The second kappa shape index (κ2) is 10.5. The Morgan fingerprint density at radius 2 is 1.38 bits per heavy atom. The van der Waals surface area contributed by atoms with Gasteiger partial charge in [-0.2, -0.15) is 0 Å². The maximum Gasteiger partial charge on any atom is 0.149 e. The average molecular weight is 588 g/mol. The summed E-state index contributed by atoms with van der Waals surface area (Å²) in [5.41, 5.74) is 10.0. The lowest BCUT2D eigenvalue weighted by molar-refractivity contribution is 0.673. The molecule has 220 valence electrons. The Morgan fingerprint density at radius 1 is 0.667 bits per heavy atom. The second-order valence-electron chi connectivity index (χ2n) is 12.6. The lowest BCUT2D eigenvalue weighted by Gasteiger charge is -2.24. The van der Waals surface area contributed by atoms with Crippen molar-refractivity contribution in [3.05, 3.63) is 132 Å². The van der Waals surface area contributed by atoms with Crippen LogP contribution in [0.4, 0.5) is 0 Å². The Kier molecular flexibility index (Phi) is 5.64. The van der Waals surface area contributed by atoms with Crippen LogP contribution >= 0.6 is 0 Å². The topological polar surface area (TPSA) is 31.0 Å². The summed E-state index contributed by atoms with van der Waals surface area (Å²) in [5.74, 6) is 1.15. The van der Waals surface area contributed by atoms with Gasteiger partial charge in [0.1, 0.15) is 17.0 Å². The van der Waals surface area contributed by atoms with E-state index < -0.39 is 6.85 Å². The van der Waals surface area contributed by atoms with E-state index in [1.165, 1.54) is 22.3 Å². The van der Waals surface area contributed by atoms with Crippen LogP contribution in [0.3, 0.4) is 0 Å². The average Bonchev–Trinajstić information content (AvgIpc) is 3.66. The van der Waals surface area contributed by atoms with Crippen molar-refractivity contribution in [2.75, 3.05) is 0 Å².